The molecule has 3 heterocycles. The number of urea groups is 1. The fraction of sp³-hybridized carbons (Fsp3) is 0.444. The lowest BCUT2D eigenvalue weighted by Gasteiger charge is -2.40. The smallest absolute Gasteiger partial charge is 0.325 e. The Balaban J connectivity index is 1.33. The number of guanidine groups is 1. The lowest BCUT2D eigenvalue weighted by Crippen LogP contribution is -2.64. The Morgan fingerprint density at radius 3 is 2.49 bits per heavy atom. The number of aliphatic imine (C=N–C) groups is 1. The van der Waals surface area contributed by atoms with Gasteiger partial charge in [0.15, 0.2) is 18.2 Å². The molecule has 0 aliphatic carbocycles. The molecular weight excluding hydrogens is 440 g/mol. The van der Waals surface area contributed by atoms with Crippen LogP contribution >= 0.6 is 0 Å². The first-order chi connectivity index (χ1) is 16.9. The molecule has 0 aromatic heterocycles. The highest BCUT2D eigenvalue weighted by Gasteiger charge is 2.49. The van der Waals surface area contributed by atoms with E-state index in [0.717, 1.165) is 45.1 Å². The van der Waals surface area contributed by atoms with Crippen LogP contribution in [0.1, 0.15) is 22.3 Å². The number of benzene rings is 2. The standard InChI is InChI=1S/C27H34N6O2/c1-19-9-10-20(2)22(17-19)18-33-23-24(30(3)27(35)29-25(23)34)28-26(33)32-15-13-31(14-16-32)12-11-21-7-5-4-6-8-21/h4-10,17,23-24H,11-16,18H2,1-3H3,(H,29,34,35). The molecule has 3 aliphatic heterocycles. The van der Waals surface area contributed by atoms with Crippen LogP contribution in [0.2, 0.25) is 0 Å². The molecule has 2 saturated heterocycles. The minimum absolute atomic E-state index is 0.274. The van der Waals surface area contributed by atoms with Crippen LogP contribution in [0.5, 0.6) is 0 Å². The van der Waals surface area contributed by atoms with Crippen LogP contribution in [0.3, 0.4) is 0 Å². The maximum atomic E-state index is 13.0. The fourth-order valence-electron chi connectivity index (χ4n) is 5.20. The Kier molecular flexibility index (Phi) is 6.47. The molecule has 5 rings (SSSR count). The van der Waals surface area contributed by atoms with E-state index < -0.39 is 18.2 Å². The topological polar surface area (TPSA) is 71.5 Å². The van der Waals surface area contributed by atoms with Gasteiger partial charge < -0.3 is 14.7 Å². The van der Waals surface area contributed by atoms with Crippen molar-refractivity contribution in [3.8, 4) is 0 Å². The van der Waals surface area contributed by atoms with Crippen molar-refractivity contribution in [2.24, 2.45) is 4.99 Å². The summed E-state index contributed by atoms with van der Waals surface area (Å²) in [6, 6.07) is 16.1. The molecule has 2 fully saturated rings. The number of imide groups is 1. The summed E-state index contributed by atoms with van der Waals surface area (Å²) < 4.78 is 0. The SMILES string of the molecule is Cc1ccc(C)c(CN2C(N3CCN(CCc4ccccc4)CC3)=NC3C2C(=O)NC(=O)N3C)c1. The third-order valence-electron chi connectivity index (χ3n) is 7.40. The van der Waals surface area contributed by atoms with Gasteiger partial charge in [0.1, 0.15) is 0 Å². The van der Waals surface area contributed by atoms with Crippen molar-refractivity contribution in [1.82, 2.24) is 24.9 Å². The van der Waals surface area contributed by atoms with Gasteiger partial charge in [-0.15, -0.1) is 0 Å². The van der Waals surface area contributed by atoms with Crippen LogP contribution in [-0.2, 0) is 17.8 Å². The number of amides is 3. The van der Waals surface area contributed by atoms with E-state index in [-0.39, 0.29) is 5.91 Å². The second-order valence-corrected chi connectivity index (χ2v) is 9.81. The van der Waals surface area contributed by atoms with E-state index in [2.05, 4.69) is 82.4 Å². The molecule has 8 heteroatoms. The molecule has 2 unspecified atom stereocenters. The summed E-state index contributed by atoms with van der Waals surface area (Å²) in [7, 11) is 1.71. The number of rotatable bonds is 5. The summed E-state index contributed by atoms with van der Waals surface area (Å²) >= 11 is 0. The minimum Gasteiger partial charge on any atom is -0.340 e. The van der Waals surface area contributed by atoms with Crippen molar-refractivity contribution in [3.63, 3.8) is 0 Å². The summed E-state index contributed by atoms with van der Waals surface area (Å²) in [5.74, 6) is 0.545. The number of hydrogen-bond donors (Lipinski definition) is 1. The monoisotopic (exact) mass is 474 g/mol. The molecule has 3 aliphatic rings. The number of piperazine rings is 1. The lowest BCUT2D eigenvalue weighted by atomic mass is 10.0. The van der Waals surface area contributed by atoms with Crippen LogP contribution in [0.4, 0.5) is 4.79 Å². The Morgan fingerprint density at radius 2 is 1.74 bits per heavy atom. The number of aryl methyl sites for hydroxylation is 2. The van der Waals surface area contributed by atoms with Crippen molar-refractivity contribution in [2.75, 3.05) is 39.8 Å². The maximum Gasteiger partial charge on any atom is 0.325 e. The van der Waals surface area contributed by atoms with Crippen molar-refractivity contribution >= 4 is 17.9 Å². The van der Waals surface area contributed by atoms with Gasteiger partial charge in [0.25, 0.3) is 5.91 Å². The quantitative estimate of drug-likeness (QED) is 0.720. The van der Waals surface area contributed by atoms with Crippen molar-refractivity contribution in [1.29, 1.82) is 0 Å². The molecule has 0 spiro atoms. The van der Waals surface area contributed by atoms with Crippen molar-refractivity contribution in [3.05, 3.63) is 70.8 Å². The zero-order valence-electron chi connectivity index (χ0n) is 20.8. The second kappa shape index (κ2) is 9.70. The zero-order chi connectivity index (χ0) is 24.5. The van der Waals surface area contributed by atoms with Crippen LogP contribution in [0.25, 0.3) is 0 Å². The van der Waals surface area contributed by atoms with Gasteiger partial charge in [-0.25, -0.2) is 9.79 Å². The summed E-state index contributed by atoms with van der Waals surface area (Å²) in [5.41, 5.74) is 4.90. The Hall–Kier alpha value is -3.39. The first kappa shape index (κ1) is 23.4. The summed E-state index contributed by atoms with van der Waals surface area (Å²) in [6.07, 6.45) is 0.532. The van der Waals surface area contributed by atoms with Gasteiger partial charge in [-0.05, 0) is 37.0 Å². The third kappa shape index (κ3) is 4.75. The van der Waals surface area contributed by atoms with E-state index >= 15 is 0 Å². The molecular formula is C27H34N6O2. The highest BCUT2D eigenvalue weighted by molar-refractivity contribution is 6.03. The molecule has 8 nitrogen and oxygen atoms in total. The van der Waals surface area contributed by atoms with Gasteiger partial charge in [0, 0.05) is 46.3 Å². The Morgan fingerprint density at radius 1 is 1.00 bits per heavy atom. The van der Waals surface area contributed by atoms with Gasteiger partial charge in [-0.1, -0.05) is 54.1 Å². The number of nitrogens with one attached hydrogen (secondary N) is 1. The van der Waals surface area contributed by atoms with E-state index in [4.69, 9.17) is 4.99 Å². The number of carbonyl (C=O) groups is 2. The molecule has 3 amide bonds. The Labute approximate surface area is 207 Å². The minimum atomic E-state index is -0.524. The van der Waals surface area contributed by atoms with Gasteiger partial charge in [0.2, 0.25) is 0 Å². The van der Waals surface area contributed by atoms with Crippen LogP contribution in [-0.4, -0.2) is 89.5 Å². The molecule has 1 N–H and O–H groups in total. The molecule has 0 saturated carbocycles. The van der Waals surface area contributed by atoms with Crippen molar-refractivity contribution in [2.45, 2.75) is 39.0 Å². The van der Waals surface area contributed by atoms with E-state index in [1.165, 1.54) is 22.3 Å². The van der Waals surface area contributed by atoms with Gasteiger partial charge >= 0.3 is 6.03 Å². The number of likely N-dealkylation sites (N-methyl/N-ethyl adjacent to an activating group) is 1. The molecule has 0 bridgehead atoms. The van der Waals surface area contributed by atoms with E-state index in [0.29, 0.717) is 6.54 Å². The number of fused-ring (bicyclic) bond motifs is 1. The largest absolute Gasteiger partial charge is 0.340 e. The van der Waals surface area contributed by atoms with E-state index in [1.54, 1.807) is 11.9 Å². The first-order valence-corrected chi connectivity index (χ1v) is 12.4. The summed E-state index contributed by atoms with van der Waals surface area (Å²) in [5, 5.41) is 2.51. The zero-order valence-corrected chi connectivity index (χ0v) is 20.8. The Bertz CT molecular complexity index is 1130. The summed E-state index contributed by atoms with van der Waals surface area (Å²) in [4.78, 5) is 38.7. The van der Waals surface area contributed by atoms with Crippen LogP contribution in [0.15, 0.2) is 53.5 Å². The van der Waals surface area contributed by atoms with Crippen LogP contribution in [0, 0.1) is 13.8 Å². The normalized spacial score (nSPS) is 22.8. The molecule has 2 aromatic carbocycles. The first-order valence-electron chi connectivity index (χ1n) is 12.4. The van der Waals surface area contributed by atoms with E-state index in [9.17, 15) is 9.59 Å². The average molecular weight is 475 g/mol. The summed E-state index contributed by atoms with van der Waals surface area (Å²) in [6.45, 7) is 9.36. The lowest BCUT2D eigenvalue weighted by molar-refractivity contribution is -0.127. The van der Waals surface area contributed by atoms with Gasteiger partial charge in [-0.2, -0.15) is 0 Å². The highest BCUT2D eigenvalue weighted by Crippen LogP contribution is 2.28. The third-order valence-corrected chi connectivity index (χ3v) is 7.40. The van der Waals surface area contributed by atoms with E-state index in [1.807, 2.05) is 0 Å². The molecule has 0 radical (unpaired) electrons. The maximum absolute atomic E-state index is 13.0. The molecule has 2 atom stereocenters. The number of nitrogens with zero attached hydrogens (tertiary/aromatic N) is 5. The highest BCUT2D eigenvalue weighted by atomic mass is 16.2. The number of carbonyl (C=O) groups excluding carboxylic acids is 2. The predicted molar refractivity (Wildman–Crippen MR) is 136 cm³/mol. The molecule has 184 valence electrons. The van der Waals surface area contributed by atoms with Gasteiger partial charge in [-0.3, -0.25) is 15.0 Å². The molecule has 2 aromatic rings. The fourth-order valence-corrected chi connectivity index (χ4v) is 5.20. The second-order valence-electron chi connectivity index (χ2n) is 9.81. The van der Waals surface area contributed by atoms with Crippen molar-refractivity contribution < 1.29 is 9.59 Å². The molecule has 35 heavy (non-hydrogen) atoms. The average Bonchev–Trinajstić information content (AvgIpc) is 3.24. The van der Waals surface area contributed by atoms with Crippen LogP contribution < -0.4 is 5.32 Å². The number of hydrogen-bond acceptors (Lipinski definition) is 6. The van der Waals surface area contributed by atoms with Gasteiger partial charge in [0.05, 0.1) is 0 Å². The predicted octanol–water partition coefficient (Wildman–Crippen LogP) is 2.21.